The van der Waals surface area contributed by atoms with E-state index in [0.717, 1.165) is 16.7 Å². The Balaban J connectivity index is 2.59. The van der Waals surface area contributed by atoms with Crippen LogP contribution in [0.1, 0.15) is 11.1 Å². The van der Waals surface area contributed by atoms with Crippen molar-refractivity contribution in [1.82, 2.24) is 0 Å². The monoisotopic (exact) mass is 276 g/mol. The Kier molecular flexibility index (Phi) is 4.20. The molecular formula is C18H16N2O. The van der Waals surface area contributed by atoms with Crippen molar-refractivity contribution in [1.29, 1.82) is 5.26 Å². The van der Waals surface area contributed by atoms with Gasteiger partial charge in [-0.05, 0) is 24.6 Å². The lowest BCUT2D eigenvalue weighted by molar-refractivity contribution is -0.113. The van der Waals surface area contributed by atoms with E-state index in [1.165, 1.54) is 11.0 Å². The first-order valence-corrected chi connectivity index (χ1v) is 6.58. The maximum Gasteiger partial charge on any atom is 0.250 e. The summed E-state index contributed by atoms with van der Waals surface area (Å²) in [6, 6.07) is 15.7. The number of rotatable bonds is 3. The van der Waals surface area contributed by atoms with Crippen molar-refractivity contribution in [2.24, 2.45) is 0 Å². The van der Waals surface area contributed by atoms with Gasteiger partial charge in [0.25, 0.3) is 0 Å². The quantitative estimate of drug-likeness (QED) is 0.803. The Hall–Kier alpha value is -2.86. The van der Waals surface area contributed by atoms with Crippen molar-refractivity contribution in [3.05, 3.63) is 66.2 Å². The molecule has 0 radical (unpaired) electrons. The van der Waals surface area contributed by atoms with Crippen molar-refractivity contribution in [2.75, 3.05) is 11.9 Å². The molecule has 104 valence electrons. The smallest absolute Gasteiger partial charge is 0.250 e. The summed E-state index contributed by atoms with van der Waals surface area (Å²) in [6.45, 7) is 5.49. The summed E-state index contributed by atoms with van der Waals surface area (Å²) in [5.74, 6) is -0.243. The van der Waals surface area contributed by atoms with Crippen LogP contribution < -0.4 is 4.90 Å². The third-order valence-corrected chi connectivity index (χ3v) is 3.38. The Morgan fingerprint density at radius 1 is 1.24 bits per heavy atom. The highest BCUT2D eigenvalue weighted by atomic mass is 16.2. The molecule has 0 saturated carbocycles. The standard InChI is InChI=1S/C18H16N2O/c1-4-18(21)20(3)17-7-5-6-15(16(17)12-19)14-10-8-13(2)9-11-14/h4-11H,1H2,2-3H3. The third kappa shape index (κ3) is 2.85. The van der Waals surface area contributed by atoms with Crippen molar-refractivity contribution < 1.29 is 4.79 Å². The van der Waals surface area contributed by atoms with Gasteiger partial charge in [-0.15, -0.1) is 0 Å². The van der Waals surface area contributed by atoms with Gasteiger partial charge in [0.15, 0.2) is 0 Å². The Labute approximate surface area is 124 Å². The van der Waals surface area contributed by atoms with Crippen LogP contribution in [0, 0.1) is 18.3 Å². The molecule has 3 nitrogen and oxygen atoms in total. The highest BCUT2D eigenvalue weighted by Gasteiger charge is 2.15. The van der Waals surface area contributed by atoms with E-state index in [1.54, 1.807) is 13.1 Å². The number of amides is 1. The van der Waals surface area contributed by atoms with E-state index in [2.05, 4.69) is 12.6 Å². The van der Waals surface area contributed by atoms with Gasteiger partial charge in [-0.25, -0.2) is 0 Å². The summed E-state index contributed by atoms with van der Waals surface area (Å²) >= 11 is 0. The van der Waals surface area contributed by atoms with Crippen LogP contribution in [0.15, 0.2) is 55.1 Å². The van der Waals surface area contributed by atoms with Crippen LogP contribution in [0.2, 0.25) is 0 Å². The number of nitriles is 1. The molecule has 0 aliphatic heterocycles. The van der Waals surface area contributed by atoms with Crippen LogP contribution in [0.5, 0.6) is 0 Å². The summed E-state index contributed by atoms with van der Waals surface area (Å²) < 4.78 is 0. The first kappa shape index (κ1) is 14.5. The maximum atomic E-state index is 11.8. The summed E-state index contributed by atoms with van der Waals surface area (Å²) in [4.78, 5) is 13.2. The lowest BCUT2D eigenvalue weighted by atomic mass is 9.97. The molecule has 0 saturated heterocycles. The zero-order chi connectivity index (χ0) is 15.4. The minimum absolute atomic E-state index is 0.243. The Bertz CT molecular complexity index is 724. The second-order valence-electron chi connectivity index (χ2n) is 4.78. The molecule has 2 rings (SSSR count). The molecular weight excluding hydrogens is 260 g/mol. The highest BCUT2D eigenvalue weighted by molar-refractivity contribution is 6.02. The van der Waals surface area contributed by atoms with Crippen LogP contribution in [0.4, 0.5) is 5.69 Å². The Morgan fingerprint density at radius 3 is 2.48 bits per heavy atom. The van der Waals surface area contributed by atoms with Gasteiger partial charge in [-0.3, -0.25) is 4.79 Å². The van der Waals surface area contributed by atoms with E-state index in [9.17, 15) is 10.1 Å². The zero-order valence-electron chi connectivity index (χ0n) is 12.1. The van der Waals surface area contributed by atoms with Gasteiger partial charge < -0.3 is 4.90 Å². The molecule has 0 bridgehead atoms. The van der Waals surface area contributed by atoms with Crippen molar-refractivity contribution in [3.8, 4) is 17.2 Å². The zero-order valence-corrected chi connectivity index (χ0v) is 12.1. The van der Waals surface area contributed by atoms with E-state index in [-0.39, 0.29) is 5.91 Å². The average Bonchev–Trinajstić information content (AvgIpc) is 2.53. The molecule has 0 heterocycles. The summed E-state index contributed by atoms with van der Waals surface area (Å²) in [5.41, 5.74) is 4.00. The van der Waals surface area contributed by atoms with Crippen LogP contribution >= 0.6 is 0 Å². The number of hydrogen-bond acceptors (Lipinski definition) is 2. The summed E-state index contributed by atoms with van der Waals surface area (Å²) in [5, 5.41) is 9.50. The van der Waals surface area contributed by atoms with E-state index in [1.807, 2.05) is 43.3 Å². The molecule has 0 aliphatic carbocycles. The van der Waals surface area contributed by atoms with Crippen LogP contribution in [0.3, 0.4) is 0 Å². The van der Waals surface area contributed by atoms with Gasteiger partial charge in [0.2, 0.25) is 5.91 Å². The van der Waals surface area contributed by atoms with Crippen LogP contribution in [0.25, 0.3) is 11.1 Å². The minimum Gasteiger partial charge on any atom is -0.311 e. The van der Waals surface area contributed by atoms with Crippen molar-refractivity contribution in [3.63, 3.8) is 0 Å². The van der Waals surface area contributed by atoms with E-state index in [4.69, 9.17) is 0 Å². The fourth-order valence-electron chi connectivity index (χ4n) is 2.17. The number of carbonyl (C=O) groups excluding carboxylic acids is 1. The van der Waals surface area contributed by atoms with Gasteiger partial charge in [-0.2, -0.15) is 5.26 Å². The van der Waals surface area contributed by atoms with Gasteiger partial charge >= 0.3 is 0 Å². The fraction of sp³-hybridized carbons (Fsp3) is 0.111. The molecule has 0 aliphatic rings. The highest BCUT2D eigenvalue weighted by Crippen LogP contribution is 2.30. The maximum absolute atomic E-state index is 11.8. The second kappa shape index (κ2) is 6.06. The number of carbonyl (C=O) groups is 1. The first-order valence-electron chi connectivity index (χ1n) is 6.58. The molecule has 2 aromatic carbocycles. The fourth-order valence-corrected chi connectivity index (χ4v) is 2.17. The molecule has 0 aromatic heterocycles. The van der Waals surface area contributed by atoms with Crippen molar-refractivity contribution >= 4 is 11.6 Å². The lowest BCUT2D eigenvalue weighted by Gasteiger charge is -2.18. The molecule has 2 aromatic rings. The van der Waals surface area contributed by atoms with Gasteiger partial charge in [0, 0.05) is 12.6 Å². The van der Waals surface area contributed by atoms with E-state index in [0.29, 0.717) is 11.3 Å². The molecule has 0 unspecified atom stereocenters. The number of nitrogens with zero attached hydrogens (tertiary/aromatic N) is 2. The largest absolute Gasteiger partial charge is 0.311 e. The number of benzene rings is 2. The second-order valence-corrected chi connectivity index (χ2v) is 4.78. The van der Waals surface area contributed by atoms with Gasteiger partial charge in [0.1, 0.15) is 6.07 Å². The number of likely N-dealkylation sites (N-methyl/N-ethyl adjacent to an activating group) is 1. The molecule has 21 heavy (non-hydrogen) atoms. The molecule has 3 heteroatoms. The third-order valence-electron chi connectivity index (χ3n) is 3.38. The van der Waals surface area contributed by atoms with E-state index < -0.39 is 0 Å². The SMILES string of the molecule is C=CC(=O)N(C)c1cccc(-c2ccc(C)cc2)c1C#N. The summed E-state index contributed by atoms with van der Waals surface area (Å²) in [6.07, 6.45) is 1.24. The number of aryl methyl sites for hydroxylation is 1. The molecule has 0 atom stereocenters. The normalized spacial score (nSPS) is 9.76. The number of hydrogen-bond donors (Lipinski definition) is 0. The predicted octanol–water partition coefficient (Wildman–Crippen LogP) is 3.68. The van der Waals surface area contributed by atoms with Gasteiger partial charge in [-0.1, -0.05) is 48.5 Å². The summed E-state index contributed by atoms with van der Waals surface area (Å²) in [7, 11) is 1.64. The first-order chi connectivity index (χ1) is 10.1. The Morgan fingerprint density at radius 2 is 1.90 bits per heavy atom. The molecule has 0 spiro atoms. The van der Waals surface area contributed by atoms with Crippen LogP contribution in [-0.4, -0.2) is 13.0 Å². The van der Waals surface area contributed by atoms with Crippen LogP contribution in [-0.2, 0) is 4.79 Å². The molecule has 0 N–H and O–H groups in total. The predicted molar refractivity (Wildman–Crippen MR) is 84.9 cm³/mol. The van der Waals surface area contributed by atoms with E-state index >= 15 is 0 Å². The number of anilines is 1. The van der Waals surface area contributed by atoms with Gasteiger partial charge in [0.05, 0.1) is 11.3 Å². The molecule has 0 fully saturated rings. The topological polar surface area (TPSA) is 44.1 Å². The van der Waals surface area contributed by atoms with Crippen molar-refractivity contribution in [2.45, 2.75) is 6.92 Å². The minimum atomic E-state index is -0.243. The molecule has 1 amide bonds. The average molecular weight is 276 g/mol. The lowest BCUT2D eigenvalue weighted by Crippen LogP contribution is -2.24.